The molecule has 0 amide bonds. The fourth-order valence-corrected chi connectivity index (χ4v) is 2.33. The Morgan fingerprint density at radius 2 is 1.17 bits per heavy atom. The third-order valence-corrected chi connectivity index (χ3v) is 3.55. The van der Waals surface area contributed by atoms with E-state index in [-0.39, 0.29) is 11.0 Å². The summed E-state index contributed by atoms with van der Waals surface area (Å²) in [7, 11) is 0. The molecule has 0 saturated carbocycles. The van der Waals surface area contributed by atoms with Gasteiger partial charge in [0, 0.05) is 12.1 Å². The van der Waals surface area contributed by atoms with Gasteiger partial charge in [0.1, 0.15) is 28.1 Å². The van der Waals surface area contributed by atoms with Crippen molar-refractivity contribution >= 4 is 58.0 Å². The zero-order chi connectivity index (χ0) is 17.5. The van der Waals surface area contributed by atoms with E-state index in [9.17, 15) is 0 Å². The molecule has 3 rings (SSSR count). The van der Waals surface area contributed by atoms with Crippen LogP contribution in [0.25, 0.3) is 0 Å². The quantitative estimate of drug-likeness (QED) is 0.471. The molecule has 0 unspecified atom stereocenters. The van der Waals surface area contributed by atoms with Crippen LogP contribution in [-0.4, -0.2) is 19.9 Å². The van der Waals surface area contributed by atoms with Crippen molar-refractivity contribution in [2.24, 2.45) is 0 Å². The van der Waals surface area contributed by atoms with Gasteiger partial charge < -0.3 is 4.74 Å². The lowest BCUT2D eigenvalue weighted by molar-refractivity contribution is 0.462. The van der Waals surface area contributed by atoms with Crippen LogP contribution in [0, 0.1) is 0 Å². The SMILES string of the molecule is Clc1cc(Cl)ncn1.Clc1cc(Oc2c(Cl)cccc2Cl)ncn1. The summed E-state index contributed by atoms with van der Waals surface area (Å²) < 4.78 is 5.42. The van der Waals surface area contributed by atoms with E-state index >= 15 is 0 Å². The Labute approximate surface area is 162 Å². The molecule has 10 heteroatoms. The molecule has 0 aliphatic rings. The smallest absolute Gasteiger partial charge is 0.223 e. The normalized spacial score (nSPS) is 9.88. The molecular formula is C14H7Cl5N4O. The first-order chi connectivity index (χ1) is 11.5. The number of aromatic nitrogens is 4. The predicted octanol–water partition coefficient (Wildman–Crippen LogP) is 6.01. The number of halogens is 5. The van der Waals surface area contributed by atoms with E-state index < -0.39 is 0 Å². The van der Waals surface area contributed by atoms with Crippen LogP contribution in [0.1, 0.15) is 0 Å². The fourth-order valence-electron chi connectivity index (χ4n) is 1.37. The Bertz CT molecular complexity index is 796. The van der Waals surface area contributed by atoms with Gasteiger partial charge in [-0.05, 0) is 12.1 Å². The van der Waals surface area contributed by atoms with Crippen LogP contribution >= 0.6 is 58.0 Å². The van der Waals surface area contributed by atoms with Gasteiger partial charge in [-0.25, -0.2) is 19.9 Å². The lowest BCUT2D eigenvalue weighted by Gasteiger charge is -2.07. The van der Waals surface area contributed by atoms with Crippen LogP contribution < -0.4 is 4.74 Å². The summed E-state index contributed by atoms with van der Waals surface area (Å²) in [6.07, 6.45) is 2.60. The van der Waals surface area contributed by atoms with Crippen molar-refractivity contribution in [3.05, 3.63) is 68.5 Å². The molecule has 3 aromatic rings. The first kappa shape index (κ1) is 19.0. The molecule has 2 heterocycles. The summed E-state index contributed by atoms with van der Waals surface area (Å²) in [6.45, 7) is 0. The Kier molecular flexibility index (Phi) is 7.27. The molecule has 0 N–H and O–H groups in total. The predicted molar refractivity (Wildman–Crippen MR) is 95.6 cm³/mol. The molecule has 0 aliphatic carbocycles. The minimum atomic E-state index is 0.285. The van der Waals surface area contributed by atoms with Gasteiger partial charge >= 0.3 is 0 Å². The zero-order valence-corrected chi connectivity index (χ0v) is 15.4. The van der Waals surface area contributed by atoms with Crippen molar-refractivity contribution < 1.29 is 4.74 Å². The maximum atomic E-state index is 5.93. The van der Waals surface area contributed by atoms with Gasteiger partial charge in [-0.2, -0.15) is 0 Å². The highest BCUT2D eigenvalue weighted by atomic mass is 35.5. The zero-order valence-electron chi connectivity index (χ0n) is 11.6. The first-order valence-corrected chi connectivity index (χ1v) is 8.07. The van der Waals surface area contributed by atoms with E-state index in [0.717, 1.165) is 0 Å². The standard InChI is InChI=1S/C10H5Cl3N2O.C4H2Cl2N2/c11-6-2-1-3-7(12)10(6)16-9-4-8(13)14-5-15-9;5-3-1-4(6)8-2-7-3/h1-5H;1-2H. The highest BCUT2D eigenvalue weighted by molar-refractivity contribution is 6.37. The highest BCUT2D eigenvalue weighted by Gasteiger charge is 2.08. The summed E-state index contributed by atoms with van der Waals surface area (Å²) in [5.74, 6) is 0.635. The van der Waals surface area contributed by atoms with Crippen molar-refractivity contribution in [2.45, 2.75) is 0 Å². The average molecular weight is 425 g/mol. The molecule has 0 radical (unpaired) electrons. The van der Waals surface area contributed by atoms with Crippen molar-refractivity contribution in [1.29, 1.82) is 0 Å². The van der Waals surface area contributed by atoms with Crippen LogP contribution in [0.2, 0.25) is 25.5 Å². The molecule has 5 nitrogen and oxygen atoms in total. The molecule has 1 aromatic carbocycles. The van der Waals surface area contributed by atoms with E-state index in [1.807, 2.05) is 0 Å². The molecule has 0 aliphatic heterocycles. The number of ether oxygens (including phenoxy) is 1. The maximum absolute atomic E-state index is 5.93. The molecule has 2 aromatic heterocycles. The summed E-state index contributed by atoms with van der Waals surface area (Å²) in [5, 5.41) is 1.83. The third kappa shape index (κ3) is 5.92. The van der Waals surface area contributed by atoms with E-state index in [1.54, 1.807) is 18.2 Å². The number of nitrogens with zero attached hydrogens (tertiary/aromatic N) is 4. The average Bonchev–Trinajstić information content (AvgIpc) is 2.52. The molecular weight excluding hydrogens is 417 g/mol. The molecule has 0 fully saturated rings. The maximum Gasteiger partial charge on any atom is 0.223 e. The van der Waals surface area contributed by atoms with Gasteiger partial charge in [0.05, 0.1) is 10.0 Å². The van der Waals surface area contributed by atoms with E-state index in [1.165, 1.54) is 24.8 Å². The van der Waals surface area contributed by atoms with Gasteiger partial charge in [0.25, 0.3) is 0 Å². The van der Waals surface area contributed by atoms with Crippen LogP contribution in [-0.2, 0) is 0 Å². The van der Waals surface area contributed by atoms with Gasteiger partial charge in [-0.1, -0.05) is 64.1 Å². The van der Waals surface area contributed by atoms with E-state index in [2.05, 4.69) is 19.9 Å². The molecule has 0 spiro atoms. The van der Waals surface area contributed by atoms with E-state index in [0.29, 0.717) is 26.1 Å². The highest BCUT2D eigenvalue weighted by Crippen LogP contribution is 2.35. The lowest BCUT2D eigenvalue weighted by atomic mass is 10.3. The molecule has 24 heavy (non-hydrogen) atoms. The van der Waals surface area contributed by atoms with Gasteiger partial charge in [0.15, 0.2) is 5.75 Å². The molecule has 0 bridgehead atoms. The number of hydrogen-bond acceptors (Lipinski definition) is 5. The van der Waals surface area contributed by atoms with Crippen molar-refractivity contribution in [1.82, 2.24) is 19.9 Å². The van der Waals surface area contributed by atoms with Crippen molar-refractivity contribution in [3.8, 4) is 11.6 Å². The minimum absolute atomic E-state index is 0.285. The number of rotatable bonds is 2. The van der Waals surface area contributed by atoms with Crippen molar-refractivity contribution in [2.75, 3.05) is 0 Å². The molecule has 124 valence electrons. The Balaban J connectivity index is 0.000000219. The van der Waals surface area contributed by atoms with Crippen LogP contribution in [0.3, 0.4) is 0 Å². The summed E-state index contributed by atoms with van der Waals surface area (Å²) in [4.78, 5) is 14.8. The first-order valence-electron chi connectivity index (χ1n) is 6.18. The second kappa shape index (κ2) is 9.20. The Hall–Kier alpha value is -1.37. The van der Waals surface area contributed by atoms with Crippen LogP contribution in [0.15, 0.2) is 43.0 Å². The largest absolute Gasteiger partial charge is 0.436 e. The third-order valence-electron chi connectivity index (χ3n) is 2.33. The van der Waals surface area contributed by atoms with Gasteiger partial charge in [0.2, 0.25) is 5.88 Å². The Morgan fingerprint density at radius 3 is 1.62 bits per heavy atom. The van der Waals surface area contributed by atoms with Crippen molar-refractivity contribution in [3.63, 3.8) is 0 Å². The van der Waals surface area contributed by atoms with Gasteiger partial charge in [-0.15, -0.1) is 0 Å². The van der Waals surface area contributed by atoms with Crippen LogP contribution in [0.4, 0.5) is 0 Å². The lowest BCUT2D eigenvalue weighted by Crippen LogP contribution is -1.90. The fraction of sp³-hybridized carbons (Fsp3) is 0. The number of para-hydroxylation sites is 1. The summed E-state index contributed by atoms with van der Waals surface area (Å²) in [6, 6.07) is 8.02. The molecule has 0 saturated heterocycles. The second-order valence-electron chi connectivity index (χ2n) is 4.00. The summed E-state index contributed by atoms with van der Waals surface area (Å²) >= 11 is 28.4. The van der Waals surface area contributed by atoms with Gasteiger partial charge in [-0.3, -0.25) is 0 Å². The Morgan fingerprint density at radius 1 is 0.667 bits per heavy atom. The second-order valence-corrected chi connectivity index (χ2v) is 5.97. The monoisotopic (exact) mass is 422 g/mol. The van der Waals surface area contributed by atoms with Crippen LogP contribution in [0.5, 0.6) is 11.6 Å². The number of hydrogen-bond donors (Lipinski definition) is 0. The van der Waals surface area contributed by atoms with E-state index in [4.69, 9.17) is 62.7 Å². The number of benzene rings is 1. The minimum Gasteiger partial charge on any atom is -0.436 e. The topological polar surface area (TPSA) is 60.8 Å². The molecule has 0 atom stereocenters. The summed E-state index contributed by atoms with van der Waals surface area (Å²) in [5.41, 5.74) is 0.